The molecule has 0 spiro atoms. The molecule has 4 rings (SSSR count). The first-order valence-corrected chi connectivity index (χ1v) is 12.4. The number of fused-ring (bicyclic) bond motifs is 1. The van der Waals surface area contributed by atoms with Crippen LogP contribution in [0.5, 0.6) is 0 Å². The Hall–Kier alpha value is -2.83. The van der Waals surface area contributed by atoms with Gasteiger partial charge in [-0.3, -0.25) is 9.10 Å². The van der Waals surface area contributed by atoms with Crippen molar-refractivity contribution in [3.63, 3.8) is 0 Å². The zero-order valence-electron chi connectivity index (χ0n) is 17.8. The molecule has 166 valence electrons. The highest BCUT2D eigenvalue weighted by molar-refractivity contribution is 7.92. The summed E-state index contributed by atoms with van der Waals surface area (Å²) in [4.78, 5) is 13.2. The van der Waals surface area contributed by atoms with Gasteiger partial charge in [0.25, 0.3) is 10.0 Å². The van der Waals surface area contributed by atoms with Crippen LogP contribution >= 0.6 is 11.6 Å². The van der Waals surface area contributed by atoms with Crippen molar-refractivity contribution in [1.29, 1.82) is 0 Å². The number of hydrogen-bond acceptors (Lipinski definition) is 3. The number of hydrogen-bond donors (Lipinski definition) is 1. The van der Waals surface area contributed by atoms with E-state index in [2.05, 4.69) is 11.4 Å². The second-order valence-electron chi connectivity index (χ2n) is 7.96. The first kappa shape index (κ1) is 22.4. The van der Waals surface area contributed by atoms with Crippen LogP contribution in [0.3, 0.4) is 0 Å². The van der Waals surface area contributed by atoms with E-state index in [0.717, 1.165) is 30.4 Å². The van der Waals surface area contributed by atoms with Crippen LogP contribution in [0.4, 0.5) is 5.69 Å². The van der Waals surface area contributed by atoms with Gasteiger partial charge in [0.05, 0.1) is 16.6 Å². The van der Waals surface area contributed by atoms with Gasteiger partial charge in [0, 0.05) is 5.02 Å². The van der Waals surface area contributed by atoms with E-state index in [1.165, 1.54) is 34.1 Å². The summed E-state index contributed by atoms with van der Waals surface area (Å²) in [7, 11) is -3.98. The summed E-state index contributed by atoms with van der Waals surface area (Å²) in [6.45, 7) is 1.52. The quantitative estimate of drug-likeness (QED) is 0.551. The first-order chi connectivity index (χ1) is 15.4. The maximum Gasteiger partial charge on any atom is 0.264 e. The van der Waals surface area contributed by atoms with Crippen LogP contribution in [0, 0.1) is 6.92 Å². The SMILES string of the molecule is Cc1ccccc1N(CC(=O)NC1CCCc2ccccc21)S(=O)(=O)c1ccc(Cl)cc1. The molecular formula is C25H25ClN2O3S. The Morgan fingerprint density at radius 2 is 1.72 bits per heavy atom. The van der Waals surface area contributed by atoms with Crippen LogP contribution in [0.2, 0.25) is 5.02 Å². The lowest BCUT2D eigenvalue weighted by molar-refractivity contribution is -0.120. The van der Waals surface area contributed by atoms with Gasteiger partial charge in [-0.25, -0.2) is 8.42 Å². The maximum atomic E-state index is 13.5. The number of para-hydroxylation sites is 1. The molecule has 32 heavy (non-hydrogen) atoms. The molecule has 3 aromatic rings. The lowest BCUT2D eigenvalue weighted by Crippen LogP contribution is -2.42. The minimum absolute atomic E-state index is 0.0842. The minimum Gasteiger partial charge on any atom is -0.348 e. The van der Waals surface area contributed by atoms with Gasteiger partial charge in [-0.15, -0.1) is 0 Å². The Balaban J connectivity index is 1.64. The van der Waals surface area contributed by atoms with Gasteiger partial charge < -0.3 is 5.32 Å². The number of amides is 1. The third-order valence-corrected chi connectivity index (χ3v) is 7.80. The highest BCUT2D eigenvalue weighted by atomic mass is 35.5. The second-order valence-corrected chi connectivity index (χ2v) is 10.3. The third kappa shape index (κ3) is 4.66. The monoisotopic (exact) mass is 468 g/mol. The Morgan fingerprint density at radius 1 is 1.03 bits per heavy atom. The molecule has 0 aliphatic heterocycles. The zero-order valence-corrected chi connectivity index (χ0v) is 19.4. The average molecular weight is 469 g/mol. The molecule has 7 heteroatoms. The summed E-state index contributed by atoms with van der Waals surface area (Å²) in [5.41, 5.74) is 3.58. The van der Waals surface area contributed by atoms with E-state index in [9.17, 15) is 13.2 Å². The summed E-state index contributed by atoms with van der Waals surface area (Å²) in [6.07, 6.45) is 2.80. The molecule has 0 saturated carbocycles. The van der Waals surface area contributed by atoms with E-state index in [1.807, 2.05) is 37.3 Å². The van der Waals surface area contributed by atoms with Crippen molar-refractivity contribution >= 4 is 33.2 Å². The third-order valence-electron chi connectivity index (χ3n) is 5.78. The van der Waals surface area contributed by atoms with Crippen molar-refractivity contribution in [3.05, 3.63) is 94.5 Å². The van der Waals surface area contributed by atoms with Gasteiger partial charge in [-0.1, -0.05) is 54.1 Å². The number of halogens is 1. The highest BCUT2D eigenvalue weighted by Crippen LogP contribution is 2.30. The van der Waals surface area contributed by atoms with Gasteiger partial charge in [-0.05, 0) is 73.2 Å². The van der Waals surface area contributed by atoms with Crippen LogP contribution in [0.25, 0.3) is 0 Å². The van der Waals surface area contributed by atoms with Crippen molar-refractivity contribution in [3.8, 4) is 0 Å². The molecule has 5 nitrogen and oxygen atoms in total. The molecule has 1 unspecified atom stereocenters. The normalized spacial score (nSPS) is 15.6. The highest BCUT2D eigenvalue weighted by Gasteiger charge is 2.29. The smallest absolute Gasteiger partial charge is 0.264 e. The maximum absolute atomic E-state index is 13.5. The summed E-state index contributed by atoms with van der Waals surface area (Å²) < 4.78 is 28.2. The van der Waals surface area contributed by atoms with Crippen LogP contribution in [0.1, 0.15) is 35.6 Å². The zero-order chi connectivity index (χ0) is 22.7. The fourth-order valence-corrected chi connectivity index (χ4v) is 5.76. The van der Waals surface area contributed by atoms with Crippen LogP contribution in [-0.4, -0.2) is 20.9 Å². The molecule has 1 N–H and O–H groups in total. The predicted octanol–water partition coefficient (Wildman–Crippen LogP) is 5.04. The van der Waals surface area contributed by atoms with E-state index >= 15 is 0 Å². The van der Waals surface area contributed by atoms with E-state index in [0.29, 0.717) is 10.7 Å². The Labute approximate surface area is 194 Å². The molecule has 3 aromatic carbocycles. The van der Waals surface area contributed by atoms with E-state index in [-0.39, 0.29) is 23.4 Å². The molecule has 1 atom stereocenters. The molecular weight excluding hydrogens is 444 g/mol. The fourth-order valence-electron chi connectivity index (χ4n) is 4.15. The van der Waals surface area contributed by atoms with E-state index < -0.39 is 10.0 Å². The minimum atomic E-state index is -3.98. The molecule has 0 heterocycles. The van der Waals surface area contributed by atoms with Gasteiger partial charge in [0.15, 0.2) is 0 Å². The number of nitrogens with one attached hydrogen (secondary N) is 1. The average Bonchev–Trinajstić information content (AvgIpc) is 2.78. The number of nitrogens with zero attached hydrogens (tertiary/aromatic N) is 1. The van der Waals surface area contributed by atoms with Crippen LogP contribution in [0.15, 0.2) is 77.7 Å². The van der Waals surface area contributed by atoms with Gasteiger partial charge in [0.2, 0.25) is 5.91 Å². The Morgan fingerprint density at radius 3 is 2.47 bits per heavy atom. The first-order valence-electron chi connectivity index (χ1n) is 10.6. The van der Waals surface area contributed by atoms with Crippen molar-refractivity contribution in [2.45, 2.75) is 37.1 Å². The molecule has 0 aromatic heterocycles. The number of carbonyl (C=O) groups is 1. The molecule has 0 saturated heterocycles. The molecule has 0 bridgehead atoms. The lowest BCUT2D eigenvalue weighted by atomic mass is 9.88. The number of carbonyl (C=O) groups excluding carboxylic acids is 1. The number of anilines is 1. The number of sulfonamides is 1. The molecule has 1 aliphatic carbocycles. The van der Waals surface area contributed by atoms with Crippen molar-refractivity contribution < 1.29 is 13.2 Å². The summed E-state index contributed by atoms with van der Waals surface area (Å²) in [5.74, 6) is -0.340. The molecule has 0 radical (unpaired) electrons. The fraction of sp³-hybridized carbons (Fsp3) is 0.240. The van der Waals surface area contributed by atoms with Gasteiger partial charge >= 0.3 is 0 Å². The predicted molar refractivity (Wildman–Crippen MR) is 127 cm³/mol. The lowest BCUT2D eigenvalue weighted by Gasteiger charge is -2.29. The van der Waals surface area contributed by atoms with Crippen molar-refractivity contribution in [1.82, 2.24) is 5.32 Å². The number of benzene rings is 3. The summed E-state index contributed by atoms with van der Waals surface area (Å²) in [6, 6.07) is 21.1. The largest absolute Gasteiger partial charge is 0.348 e. The van der Waals surface area contributed by atoms with Crippen molar-refractivity contribution in [2.75, 3.05) is 10.8 Å². The van der Waals surface area contributed by atoms with Crippen molar-refractivity contribution in [2.24, 2.45) is 0 Å². The molecule has 0 fully saturated rings. The topological polar surface area (TPSA) is 66.5 Å². The van der Waals surface area contributed by atoms with E-state index in [1.54, 1.807) is 12.1 Å². The summed E-state index contributed by atoms with van der Waals surface area (Å²) >= 11 is 5.95. The summed E-state index contributed by atoms with van der Waals surface area (Å²) in [5, 5.41) is 3.51. The van der Waals surface area contributed by atoms with E-state index in [4.69, 9.17) is 11.6 Å². The standard InChI is InChI=1S/C25H25ClN2O3S/c1-18-7-2-5-12-24(18)28(32(30,31)21-15-13-20(26)14-16-21)17-25(29)27-23-11-6-9-19-8-3-4-10-22(19)23/h2-5,7-8,10,12-16,23H,6,9,11,17H2,1H3,(H,27,29). The Bertz CT molecular complexity index is 1230. The molecule has 1 aliphatic rings. The number of rotatable bonds is 6. The molecule has 1 amide bonds. The van der Waals surface area contributed by atoms with Gasteiger partial charge in [0.1, 0.15) is 6.54 Å². The second kappa shape index (κ2) is 9.35. The van der Waals surface area contributed by atoms with Gasteiger partial charge in [-0.2, -0.15) is 0 Å². The number of aryl methyl sites for hydroxylation is 2. The Kier molecular flexibility index (Phi) is 6.53. The van der Waals surface area contributed by atoms with Crippen LogP contribution < -0.4 is 9.62 Å². The van der Waals surface area contributed by atoms with Crippen LogP contribution in [-0.2, 0) is 21.2 Å².